The highest BCUT2D eigenvalue weighted by Gasteiger charge is 2.15. The number of hydrogen-bond donors (Lipinski definition) is 2. The second kappa shape index (κ2) is 9.65. The lowest BCUT2D eigenvalue weighted by molar-refractivity contribution is 0.369. The van der Waals surface area contributed by atoms with Crippen LogP contribution >= 0.6 is 24.0 Å². The van der Waals surface area contributed by atoms with E-state index in [1.165, 1.54) is 5.56 Å². The molecule has 0 saturated heterocycles. The fraction of sp³-hybridized carbons (Fsp3) is 0.444. The molecule has 2 aromatic rings. The van der Waals surface area contributed by atoms with Gasteiger partial charge in [0.2, 0.25) is 5.88 Å². The number of ether oxygens (including phenoxy) is 1. The number of nitrogens with zero attached hydrogens (tertiary/aromatic N) is 3. The minimum absolute atomic E-state index is 0. The summed E-state index contributed by atoms with van der Waals surface area (Å²) in [6.45, 7) is 6.83. The van der Waals surface area contributed by atoms with Gasteiger partial charge in [0.15, 0.2) is 5.96 Å². The molecule has 0 unspecified atom stereocenters. The van der Waals surface area contributed by atoms with Crippen molar-refractivity contribution >= 4 is 35.6 Å². The van der Waals surface area contributed by atoms with Gasteiger partial charge in [-0.3, -0.25) is 0 Å². The molecule has 138 valence electrons. The van der Waals surface area contributed by atoms with Crippen LogP contribution in [0.3, 0.4) is 0 Å². The molecular formula is C18H28IN5O. The van der Waals surface area contributed by atoms with Crippen LogP contribution in [0, 0.1) is 0 Å². The zero-order valence-electron chi connectivity index (χ0n) is 15.5. The van der Waals surface area contributed by atoms with Crippen molar-refractivity contribution < 1.29 is 4.74 Å². The highest BCUT2D eigenvalue weighted by atomic mass is 127. The van der Waals surface area contributed by atoms with Crippen LogP contribution in [0.5, 0.6) is 5.88 Å². The predicted molar refractivity (Wildman–Crippen MR) is 114 cm³/mol. The minimum atomic E-state index is 0. The van der Waals surface area contributed by atoms with E-state index in [0.29, 0.717) is 18.4 Å². The Hall–Kier alpha value is -1.77. The third-order valence-corrected chi connectivity index (χ3v) is 3.93. The summed E-state index contributed by atoms with van der Waals surface area (Å²) < 4.78 is 7.16. The Balaban J connectivity index is 0.00000312. The number of benzene rings is 1. The molecule has 0 atom stereocenters. The Kier molecular flexibility index (Phi) is 8.21. The van der Waals surface area contributed by atoms with Crippen LogP contribution < -0.4 is 15.8 Å². The number of methoxy groups -OCH3 is 1. The number of anilines is 1. The highest BCUT2D eigenvalue weighted by molar-refractivity contribution is 14.0. The van der Waals surface area contributed by atoms with Crippen molar-refractivity contribution in [2.45, 2.75) is 39.7 Å². The number of aliphatic imine (C=N–C) groups is 1. The topological polar surface area (TPSA) is 77.5 Å². The molecule has 3 N–H and O–H groups in total. The average Bonchev–Trinajstić information content (AvgIpc) is 2.87. The summed E-state index contributed by atoms with van der Waals surface area (Å²) in [4.78, 5) is 4.44. The van der Waals surface area contributed by atoms with Crippen LogP contribution in [0.15, 0.2) is 29.3 Å². The Bertz CT molecular complexity index is 724. The Morgan fingerprint density at radius 2 is 2.12 bits per heavy atom. The molecule has 1 aromatic carbocycles. The van der Waals surface area contributed by atoms with E-state index in [1.54, 1.807) is 11.8 Å². The molecule has 0 fully saturated rings. The number of hydrogen-bond acceptors (Lipinski definition) is 3. The lowest BCUT2D eigenvalue weighted by atomic mass is 10.0. The summed E-state index contributed by atoms with van der Waals surface area (Å²) in [5, 5.41) is 7.60. The second-order valence-corrected chi connectivity index (χ2v) is 6.02. The average molecular weight is 457 g/mol. The molecule has 1 aromatic heterocycles. The van der Waals surface area contributed by atoms with Gasteiger partial charge in [-0.1, -0.05) is 32.9 Å². The first kappa shape index (κ1) is 21.3. The normalized spacial score (nSPS) is 11.4. The molecule has 6 nitrogen and oxygen atoms in total. The van der Waals surface area contributed by atoms with Gasteiger partial charge < -0.3 is 15.8 Å². The smallest absolute Gasteiger partial charge is 0.216 e. The van der Waals surface area contributed by atoms with Crippen molar-refractivity contribution in [3.63, 3.8) is 0 Å². The molecule has 0 bridgehead atoms. The zero-order valence-corrected chi connectivity index (χ0v) is 17.9. The van der Waals surface area contributed by atoms with E-state index >= 15 is 0 Å². The van der Waals surface area contributed by atoms with Crippen LogP contribution in [-0.2, 0) is 20.0 Å². The SMILES string of the molecule is CCc1nn(C)c(OC)c1CN=C(N)Nc1cccc(C(C)C)c1.I. The van der Waals surface area contributed by atoms with Gasteiger partial charge in [-0.25, -0.2) is 9.67 Å². The fourth-order valence-electron chi connectivity index (χ4n) is 2.63. The summed E-state index contributed by atoms with van der Waals surface area (Å²) >= 11 is 0. The summed E-state index contributed by atoms with van der Waals surface area (Å²) in [6, 6.07) is 8.20. The summed E-state index contributed by atoms with van der Waals surface area (Å²) in [5.74, 6) is 1.57. The first-order valence-corrected chi connectivity index (χ1v) is 8.21. The molecule has 0 aliphatic carbocycles. The molecule has 2 rings (SSSR count). The van der Waals surface area contributed by atoms with E-state index in [2.05, 4.69) is 48.3 Å². The van der Waals surface area contributed by atoms with E-state index in [4.69, 9.17) is 10.5 Å². The number of nitrogens with one attached hydrogen (secondary N) is 1. The van der Waals surface area contributed by atoms with Crippen LogP contribution in [0.4, 0.5) is 5.69 Å². The number of nitrogens with two attached hydrogens (primary N) is 1. The molecule has 0 spiro atoms. The molecular weight excluding hydrogens is 429 g/mol. The maximum atomic E-state index is 6.04. The zero-order chi connectivity index (χ0) is 17.7. The molecule has 0 amide bonds. The Morgan fingerprint density at radius 3 is 2.72 bits per heavy atom. The van der Waals surface area contributed by atoms with Crippen molar-refractivity contribution in [1.29, 1.82) is 0 Å². The van der Waals surface area contributed by atoms with Crippen molar-refractivity contribution in [2.75, 3.05) is 12.4 Å². The largest absolute Gasteiger partial charge is 0.481 e. The maximum absolute atomic E-state index is 6.04. The number of aromatic nitrogens is 2. The van der Waals surface area contributed by atoms with Gasteiger partial charge in [0.05, 0.1) is 24.9 Å². The van der Waals surface area contributed by atoms with E-state index in [0.717, 1.165) is 29.2 Å². The first-order valence-electron chi connectivity index (χ1n) is 8.21. The molecule has 0 saturated carbocycles. The Morgan fingerprint density at radius 1 is 1.40 bits per heavy atom. The van der Waals surface area contributed by atoms with Gasteiger partial charge in [-0.05, 0) is 30.0 Å². The molecule has 0 radical (unpaired) electrons. The number of aryl methyl sites for hydroxylation is 2. The lowest BCUT2D eigenvalue weighted by Crippen LogP contribution is -2.22. The number of halogens is 1. The van der Waals surface area contributed by atoms with E-state index in [-0.39, 0.29) is 24.0 Å². The molecule has 1 heterocycles. The highest BCUT2D eigenvalue weighted by Crippen LogP contribution is 2.23. The third kappa shape index (κ3) is 5.35. The van der Waals surface area contributed by atoms with Crippen molar-refractivity contribution in [1.82, 2.24) is 9.78 Å². The summed E-state index contributed by atoms with van der Waals surface area (Å²) in [6.07, 6.45) is 0.825. The lowest BCUT2D eigenvalue weighted by Gasteiger charge is -2.10. The monoisotopic (exact) mass is 457 g/mol. The molecule has 0 aliphatic rings. The fourth-order valence-corrected chi connectivity index (χ4v) is 2.63. The number of guanidine groups is 1. The van der Waals surface area contributed by atoms with Crippen LogP contribution in [0.25, 0.3) is 0 Å². The van der Waals surface area contributed by atoms with E-state index < -0.39 is 0 Å². The van der Waals surface area contributed by atoms with Gasteiger partial charge in [0.25, 0.3) is 0 Å². The van der Waals surface area contributed by atoms with Crippen molar-refractivity contribution in [3.8, 4) is 5.88 Å². The predicted octanol–water partition coefficient (Wildman–Crippen LogP) is 3.66. The van der Waals surface area contributed by atoms with Crippen molar-refractivity contribution in [3.05, 3.63) is 41.1 Å². The summed E-state index contributed by atoms with van der Waals surface area (Å²) in [5.41, 5.74) is 10.2. The third-order valence-electron chi connectivity index (χ3n) is 3.93. The van der Waals surface area contributed by atoms with Crippen molar-refractivity contribution in [2.24, 2.45) is 17.8 Å². The van der Waals surface area contributed by atoms with E-state index in [9.17, 15) is 0 Å². The van der Waals surface area contributed by atoms with Crippen LogP contribution in [-0.4, -0.2) is 22.8 Å². The van der Waals surface area contributed by atoms with Gasteiger partial charge in [0.1, 0.15) is 0 Å². The van der Waals surface area contributed by atoms with Gasteiger partial charge in [-0.15, -0.1) is 24.0 Å². The van der Waals surface area contributed by atoms with Gasteiger partial charge >= 0.3 is 0 Å². The van der Waals surface area contributed by atoms with Crippen LogP contribution in [0.1, 0.15) is 43.5 Å². The summed E-state index contributed by atoms with van der Waals surface area (Å²) in [7, 11) is 3.51. The second-order valence-electron chi connectivity index (χ2n) is 6.02. The quantitative estimate of drug-likeness (QED) is 0.395. The standard InChI is InChI=1S/C18H27N5O.HI/c1-6-16-15(17(24-5)23(4)22-16)11-20-18(19)21-14-9-7-8-13(10-14)12(2)3;/h7-10,12H,6,11H2,1-5H3,(H3,19,20,21);1H. The minimum Gasteiger partial charge on any atom is -0.481 e. The van der Waals surface area contributed by atoms with Crippen LogP contribution in [0.2, 0.25) is 0 Å². The molecule has 0 aliphatic heterocycles. The molecule has 25 heavy (non-hydrogen) atoms. The van der Waals surface area contributed by atoms with Gasteiger partial charge in [-0.2, -0.15) is 5.10 Å². The van der Waals surface area contributed by atoms with Gasteiger partial charge in [0, 0.05) is 12.7 Å². The Labute approximate surface area is 166 Å². The first-order chi connectivity index (χ1) is 11.5. The van der Waals surface area contributed by atoms with E-state index in [1.807, 2.05) is 19.2 Å². The maximum Gasteiger partial charge on any atom is 0.216 e. The number of rotatable bonds is 6. The molecule has 7 heteroatoms.